The molecular weight excluding hydrogens is 368 g/mol. The van der Waals surface area contributed by atoms with Gasteiger partial charge < -0.3 is 19.7 Å². The minimum atomic E-state index is -0.168. The minimum Gasteiger partial charge on any atom is -0.493 e. The van der Waals surface area contributed by atoms with Crippen molar-refractivity contribution < 1.29 is 14.3 Å². The fourth-order valence-corrected chi connectivity index (χ4v) is 4.56. The highest BCUT2D eigenvalue weighted by Crippen LogP contribution is 2.36. The van der Waals surface area contributed by atoms with E-state index in [2.05, 4.69) is 10.3 Å². The van der Waals surface area contributed by atoms with Crippen LogP contribution < -0.4 is 14.8 Å². The molecule has 5 rings (SSSR count). The standard InChI is InChI=1S/C22H26N4O3/c1-28-19-6-2-4-14-10-15(13-29-20(14)19)22(27)26-9-7-17-16(12-26)11-24-21(25-17)18-5-3-8-23-18/h2,4,6,11,15,18,23H,3,5,7-10,12-13H2,1H3. The van der Waals surface area contributed by atoms with Crippen LogP contribution in [0.3, 0.4) is 0 Å². The first-order valence-corrected chi connectivity index (χ1v) is 10.4. The third-order valence-corrected chi connectivity index (χ3v) is 6.16. The van der Waals surface area contributed by atoms with Gasteiger partial charge in [0.1, 0.15) is 12.4 Å². The Morgan fingerprint density at radius 2 is 2.28 bits per heavy atom. The summed E-state index contributed by atoms with van der Waals surface area (Å²) in [6.07, 6.45) is 5.64. The predicted molar refractivity (Wildman–Crippen MR) is 107 cm³/mol. The van der Waals surface area contributed by atoms with Gasteiger partial charge in [0.05, 0.1) is 24.8 Å². The fraction of sp³-hybridized carbons (Fsp3) is 0.500. The van der Waals surface area contributed by atoms with E-state index in [-0.39, 0.29) is 17.9 Å². The highest BCUT2D eigenvalue weighted by atomic mass is 16.5. The summed E-state index contributed by atoms with van der Waals surface area (Å²) >= 11 is 0. The average molecular weight is 394 g/mol. The van der Waals surface area contributed by atoms with Gasteiger partial charge >= 0.3 is 0 Å². The van der Waals surface area contributed by atoms with Crippen molar-refractivity contribution in [3.05, 3.63) is 47.0 Å². The first kappa shape index (κ1) is 18.4. The molecule has 0 aliphatic carbocycles. The Hall–Kier alpha value is -2.67. The van der Waals surface area contributed by atoms with Gasteiger partial charge in [0.25, 0.3) is 0 Å². The second kappa shape index (κ2) is 7.63. The largest absolute Gasteiger partial charge is 0.493 e. The van der Waals surface area contributed by atoms with Gasteiger partial charge in [-0.25, -0.2) is 9.97 Å². The van der Waals surface area contributed by atoms with Crippen molar-refractivity contribution in [2.75, 3.05) is 26.8 Å². The van der Waals surface area contributed by atoms with E-state index in [4.69, 9.17) is 14.5 Å². The molecule has 1 aromatic carbocycles. The summed E-state index contributed by atoms with van der Waals surface area (Å²) in [5.41, 5.74) is 3.18. The molecule has 3 aliphatic heterocycles. The average Bonchev–Trinajstić information content (AvgIpc) is 3.32. The number of ether oxygens (including phenoxy) is 2. The summed E-state index contributed by atoms with van der Waals surface area (Å²) < 4.78 is 11.3. The molecule has 152 valence electrons. The number of fused-ring (bicyclic) bond motifs is 2. The zero-order valence-electron chi connectivity index (χ0n) is 16.7. The van der Waals surface area contributed by atoms with Crippen molar-refractivity contribution in [3.63, 3.8) is 0 Å². The van der Waals surface area contributed by atoms with Crippen LogP contribution in [0.4, 0.5) is 0 Å². The molecule has 7 nitrogen and oxygen atoms in total. The molecule has 2 unspecified atom stereocenters. The molecule has 0 saturated carbocycles. The lowest BCUT2D eigenvalue weighted by molar-refractivity contribution is -0.137. The zero-order valence-corrected chi connectivity index (χ0v) is 16.7. The van der Waals surface area contributed by atoms with Crippen LogP contribution in [0.15, 0.2) is 24.4 Å². The molecule has 29 heavy (non-hydrogen) atoms. The number of hydrogen-bond acceptors (Lipinski definition) is 6. The Labute approximate surface area is 170 Å². The summed E-state index contributed by atoms with van der Waals surface area (Å²) in [7, 11) is 1.64. The Bertz CT molecular complexity index is 926. The molecule has 2 aromatic rings. The number of benzene rings is 1. The summed E-state index contributed by atoms with van der Waals surface area (Å²) in [4.78, 5) is 24.5. The normalized spacial score (nSPS) is 23.1. The van der Waals surface area contributed by atoms with Crippen molar-refractivity contribution in [1.29, 1.82) is 0 Å². The maximum Gasteiger partial charge on any atom is 0.229 e. The molecule has 1 aromatic heterocycles. The highest BCUT2D eigenvalue weighted by molar-refractivity contribution is 5.80. The van der Waals surface area contributed by atoms with E-state index < -0.39 is 0 Å². The first-order chi connectivity index (χ1) is 14.2. The molecule has 1 N–H and O–H groups in total. The van der Waals surface area contributed by atoms with Gasteiger partial charge in [-0.05, 0) is 37.4 Å². The van der Waals surface area contributed by atoms with Crippen LogP contribution in [-0.2, 0) is 24.2 Å². The fourth-order valence-electron chi connectivity index (χ4n) is 4.56. The maximum atomic E-state index is 13.2. The number of amides is 1. The summed E-state index contributed by atoms with van der Waals surface area (Å²) in [5.74, 6) is 2.37. The summed E-state index contributed by atoms with van der Waals surface area (Å²) in [6.45, 7) is 2.69. The minimum absolute atomic E-state index is 0.144. The topological polar surface area (TPSA) is 76.6 Å². The second-order valence-electron chi connectivity index (χ2n) is 8.02. The molecule has 4 heterocycles. The van der Waals surface area contributed by atoms with Gasteiger partial charge in [0.15, 0.2) is 11.5 Å². The first-order valence-electron chi connectivity index (χ1n) is 10.4. The molecule has 2 atom stereocenters. The number of aromatic nitrogens is 2. The number of methoxy groups -OCH3 is 1. The summed E-state index contributed by atoms with van der Waals surface area (Å²) in [5, 5.41) is 3.45. The van der Waals surface area contributed by atoms with Gasteiger partial charge in [-0.3, -0.25) is 4.79 Å². The van der Waals surface area contributed by atoms with Crippen molar-refractivity contribution in [3.8, 4) is 11.5 Å². The van der Waals surface area contributed by atoms with Crippen molar-refractivity contribution in [1.82, 2.24) is 20.2 Å². The van der Waals surface area contributed by atoms with Crippen LogP contribution in [0.2, 0.25) is 0 Å². The SMILES string of the molecule is COc1cccc2c1OCC(C(=O)N1CCc3nc(C4CCCN4)ncc3C1)C2. The Kier molecular flexibility index (Phi) is 4.83. The maximum absolute atomic E-state index is 13.2. The van der Waals surface area contributed by atoms with Crippen molar-refractivity contribution >= 4 is 5.91 Å². The van der Waals surface area contributed by atoms with E-state index in [1.165, 1.54) is 6.42 Å². The molecule has 7 heteroatoms. The lowest BCUT2D eigenvalue weighted by atomic mass is 9.94. The number of nitrogens with zero attached hydrogens (tertiary/aromatic N) is 3. The lowest BCUT2D eigenvalue weighted by Gasteiger charge is -2.33. The van der Waals surface area contributed by atoms with Crippen LogP contribution in [0.1, 0.15) is 41.5 Å². The smallest absolute Gasteiger partial charge is 0.229 e. The molecule has 0 radical (unpaired) electrons. The third-order valence-electron chi connectivity index (χ3n) is 6.16. The van der Waals surface area contributed by atoms with Crippen LogP contribution in [-0.4, -0.2) is 47.6 Å². The lowest BCUT2D eigenvalue weighted by Crippen LogP contribution is -2.43. The van der Waals surface area contributed by atoms with Crippen molar-refractivity contribution in [2.24, 2.45) is 5.92 Å². The van der Waals surface area contributed by atoms with Crippen molar-refractivity contribution in [2.45, 2.75) is 38.3 Å². The Morgan fingerprint density at radius 1 is 1.34 bits per heavy atom. The Morgan fingerprint density at radius 3 is 3.10 bits per heavy atom. The van der Waals surface area contributed by atoms with E-state index in [1.54, 1.807) is 7.11 Å². The third kappa shape index (κ3) is 3.44. The van der Waals surface area contributed by atoms with E-state index in [0.717, 1.165) is 53.5 Å². The monoisotopic (exact) mass is 394 g/mol. The van der Waals surface area contributed by atoms with Crippen LogP contribution in [0, 0.1) is 5.92 Å². The van der Waals surface area contributed by atoms with Gasteiger partial charge in [-0.1, -0.05) is 12.1 Å². The predicted octanol–water partition coefficient (Wildman–Crippen LogP) is 2.05. The molecule has 0 spiro atoms. The van der Waals surface area contributed by atoms with E-state index in [9.17, 15) is 4.79 Å². The number of hydrogen-bond donors (Lipinski definition) is 1. The van der Waals surface area contributed by atoms with Gasteiger partial charge in [0.2, 0.25) is 5.91 Å². The molecule has 3 aliphatic rings. The van der Waals surface area contributed by atoms with Crippen LogP contribution >= 0.6 is 0 Å². The Balaban J connectivity index is 1.28. The van der Waals surface area contributed by atoms with Crippen LogP contribution in [0.25, 0.3) is 0 Å². The van der Waals surface area contributed by atoms with Gasteiger partial charge in [-0.2, -0.15) is 0 Å². The number of para-hydroxylation sites is 1. The highest BCUT2D eigenvalue weighted by Gasteiger charge is 2.33. The zero-order chi connectivity index (χ0) is 19.8. The molecule has 1 saturated heterocycles. The summed E-state index contributed by atoms with van der Waals surface area (Å²) in [6, 6.07) is 6.11. The number of nitrogens with one attached hydrogen (secondary N) is 1. The van der Waals surface area contributed by atoms with E-state index in [1.807, 2.05) is 29.3 Å². The van der Waals surface area contributed by atoms with Gasteiger partial charge in [0, 0.05) is 31.3 Å². The van der Waals surface area contributed by atoms with Gasteiger partial charge in [-0.15, -0.1) is 0 Å². The molecule has 1 amide bonds. The molecular formula is C22H26N4O3. The van der Waals surface area contributed by atoms with E-state index in [0.29, 0.717) is 26.1 Å². The van der Waals surface area contributed by atoms with Crippen LogP contribution in [0.5, 0.6) is 11.5 Å². The second-order valence-corrected chi connectivity index (χ2v) is 8.02. The number of carbonyl (C=O) groups is 1. The number of rotatable bonds is 3. The quantitative estimate of drug-likeness (QED) is 0.859. The number of carbonyl (C=O) groups excluding carboxylic acids is 1. The molecule has 1 fully saturated rings. The molecule has 0 bridgehead atoms. The van der Waals surface area contributed by atoms with E-state index >= 15 is 0 Å².